The quantitative estimate of drug-likeness (QED) is 0.644. The molecule has 156 valence electrons. The van der Waals surface area contributed by atoms with Crippen molar-refractivity contribution in [1.82, 2.24) is 4.90 Å². The molecule has 1 aliphatic rings. The first kappa shape index (κ1) is 22.2. The molecule has 8 heteroatoms. The minimum absolute atomic E-state index is 0.00260. The van der Waals surface area contributed by atoms with Crippen molar-refractivity contribution in [2.24, 2.45) is 5.92 Å². The second-order valence-electron chi connectivity index (χ2n) is 7.46. The van der Waals surface area contributed by atoms with Gasteiger partial charge in [-0.05, 0) is 56.4 Å². The Morgan fingerprint density at radius 2 is 1.71 bits per heavy atom. The monoisotopic (exact) mass is 410 g/mol. The Bertz CT molecular complexity index is 794. The Balaban J connectivity index is 1.92. The predicted octanol–water partition coefficient (Wildman–Crippen LogP) is 2.26. The van der Waals surface area contributed by atoms with Crippen molar-refractivity contribution < 1.29 is 22.7 Å². The highest BCUT2D eigenvalue weighted by atomic mass is 32.2. The van der Waals surface area contributed by atoms with Gasteiger partial charge in [0, 0.05) is 26.1 Å². The molecule has 1 amide bonds. The molecular weight excluding hydrogens is 380 g/mol. The molecule has 0 aliphatic carbocycles. The third-order valence-electron chi connectivity index (χ3n) is 5.03. The molecule has 1 fully saturated rings. The number of hydrogen-bond acceptors (Lipinski definition) is 5. The first-order valence-corrected chi connectivity index (χ1v) is 11.4. The highest BCUT2D eigenvalue weighted by Gasteiger charge is 2.28. The van der Waals surface area contributed by atoms with Gasteiger partial charge >= 0.3 is 5.97 Å². The summed E-state index contributed by atoms with van der Waals surface area (Å²) in [6.07, 6.45) is 3.12. The maximum Gasteiger partial charge on any atom is 0.308 e. The maximum atomic E-state index is 12.5. The largest absolute Gasteiger partial charge is 0.469 e. The number of amides is 1. The Morgan fingerprint density at radius 3 is 2.21 bits per heavy atom. The number of hydrogen-bond donors (Lipinski definition) is 0. The van der Waals surface area contributed by atoms with Crippen LogP contribution in [0.5, 0.6) is 0 Å². The number of carbonyl (C=O) groups is 2. The first-order valence-electron chi connectivity index (χ1n) is 9.53. The molecule has 1 aromatic rings. The molecule has 1 aromatic carbocycles. The van der Waals surface area contributed by atoms with Gasteiger partial charge in [0.05, 0.1) is 25.0 Å². The van der Waals surface area contributed by atoms with Crippen LogP contribution in [0.3, 0.4) is 0 Å². The van der Waals surface area contributed by atoms with E-state index in [1.807, 2.05) is 32.0 Å². The maximum absolute atomic E-state index is 12.5. The summed E-state index contributed by atoms with van der Waals surface area (Å²) in [7, 11) is -2.06. The topological polar surface area (TPSA) is 84.0 Å². The van der Waals surface area contributed by atoms with E-state index in [1.54, 1.807) is 4.90 Å². The number of benzene rings is 1. The molecule has 0 atom stereocenters. The van der Waals surface area contributed by atoms with E-state index in [0.29, 0.717) is 38.0 Å². The summed E-state index contributed by atoms with van der Waals surface area (Å²) < 4.78 is 30.6. The fourth-order valence-corrected chi connectivity index (χ4v) is 4.59. The van der Waals surface area contributed by atoms with Gasteiger partial charge in [0.15, 0.2) is 0 Å². The zero-order valence-electron chi connectivity index (χ0n) is 17.1. The van der Waals surface area contributed by atoms with Gasteiger partial charge in [-0.25, -0.2) is 8.42 Å². The minimum atomic E-state index is -3.44. The lowest BCUT2D eigenvalue weighted by molar-refractivity contribution is -0.148. The summed E-state index contributed by atoms with van der Waals surface area (Å²) >= 11 is 0. The van der Waals surface area contributed by atoms with Gasteiger partial charge < -0.3 is 9.64 Å². The lowest BCUT2D eigenvalue weighted by atomic mass is 9.97. The molecule has 0 saturated carbocycles. The minimum Gasteiger partial charge on any atom is -0.469 e. The fraction of sp³-hybridized carbons (Fsp3) is 0.600. The number of aryl methyl sites for hydroxylation is 2. The summed E-state index contributed by atoms with van der Waals surface area (Å²) in [5.74, 6) is -0.360. The second-order valence-corrected chi connectivity index (χ2v) is 9.37. The van der Waals surface area contributed by atoms with Crippen LogP contribution in [-0.4, -0.2) is 58.2 Å². The highest BCUT2D eigenvalue weighted by Crippen LogP contribution is 2.23. The van der Waals surface area contributed by atoms with Gasteiger partial charge in [-0.15, -0.1) is 0 Å². The summed E-state index contributed by atoms with van der Waals surface area (Å²) in [4.78, 5) is 25.8. The predicted molar refractivity (Wildman–Crippen MR) is 109 cm³/mol. The van der Waals surface area contributed by atoms with Gasteiger partial charge in [-0.3, -0.25) is 13.9 Å². The smallest absolute Gasteiger partial charge is 0.308 e. The molecule has 0 unspecified atom stereocenters. The third kappa shape index (κ3) is 5.95. The van der Waals surface area contributed by atoms with E-state index in [2.05, 4.69) is 0 Å². The van der Waals surface area contributed by atoms with Crippen LogP contribution in [-0.2, 0) is 24.3 Å². The second kappa shape index (κ2) is 9.41. The van der Waals surface area contributed by atoms with Gasteiger partial charge in [-0.1, -0.05) is 6.07 Å². The van der Waals surface area contributed by atoms with E-state index >= 15 is 0 Å². The highest BCUT2D eigenvalue weighted by molar-refractivity contribution is 7.92. The van der Waals surface area contributed by atoms with E-state index in [0.717, 1.165) is 11.1 Å². The number of piperidine rings is 1. The zero-order valence-corrected chi connectivity index (χ0v) is 17.9. The van der Waals surface area contributed by atoms with E-state index in [9.17, 15) is 18.0 Å². The number of anilines is 1. The van der Waals surface area contributed by atoms with Gasteiger partial charge in [0.2, 0.25) is 15.9 Å². The van der Waals surface area contributed by atoms with Crippen molar-refractivity contribution in [3.8, 4) is 0 Å². The Labute approximate surface area is 167 Å². The van der Waals surface area contributed by atoms with Crippen molar-refractivity contribution in [3.63, 3.8) is 0 Å². The number of ether oxygens (including phenoxy) is 1. The number of nitrogens with zero attached hydrogens (tertiary/aromatic N) is 2. The van der Waals surface area contributed by atoms with Crippen LogP contribution in [0.15, 0.2) is 18.2 Å². The van der Waals surface area contributed by atoms with Crippen LogP contribution in [0.2, 0.25) is 0 Å². The van der Waals surface area contributed by atoms with Crippen molar-refractivity contribution in [1.29, 1.82) is 0 Å². The van der Waals surface area contributed by atoms with Crippen LogP contribution >= 0.6 is 0 Å². The van der Waals surface area contributed by atoms with E-state index in [4.69, 9.17) is 4.74 Å². The molecule has 0 N–H and O–H groups in total. The molecule has 0 radical (unpaired) electrons. The van der Waals surface area contributed by atoms with Crippen molar-refractivity contribution in [2.45, 2.75) is 39.5 Å². The molecule has 0 aromatic heterocycles. The Morgan fingerprint density at radius 1 is 1.14 bits per heavy atom. The molecule has 1 saturated heterocycles. The number of likely N-dealkylation sites (tertiary alicyclic amines) is 1. The van der Waals surface area contributed by atoms with Crippen molar-refractivity contribution >= 4 is 27.6 Å². The lowest BCUT2D eigenvalue weighted by Crippen LogP contribution is -2.40. The molecule has 0 bridgehead atoms. The van der Waals surface area contributed by atoms with E-state index < -0.39 is 10.0 Å². The lowest BCUT2D eigenvalue weighted by Gasteiger charge is -2.31. The van der Waals surface area contributed by atoms with E-state index in [1.165, 1.54) is 17.7 Å². The standard InChI is InChI=1S/C20H30N2O5S/c1-15-12-16(2)14-18(13-15)22(28(4,25)26)9-5-6-19(23)21-10-7-17(8-11-21)20(24)27-3/h12-14,17H,5-11H2,1-4H3. The average Bonchev–Trinajstić information content (AvgIpc) is 2.62. The number of sulfonamides is 1. The number of esters is 1. The number of methoxy groups -OCH3 is 1. The molecule has 2 rings (SSSR count). The molecule has 1 heterocycles. The first-order chi connectivity index (χ1) is 13.1. The van der Waals surface area contributed by atoms with Crippen molar-refractivity contribution in [2.75, 3.05) is 37.3 Å². The number of rotatable bonds is 7. The van der Waals surface area contributed by atoms with Crippen LogP contribution in [0.4, 0.5) is 5.69 Å². The molecule has 7 nitrogen and oxygen atoms in total. The molecule has 28 heavy (non-hydrogen) atoms. The van der Waals surface area contributed by atoms with Gasteiger partial charge in [-0.2, -0.15) is 0 Å². The molecule has 0 spiro atoms. The SMILES string of the molecule is COC(=O)C1CCN(C(=O)CCCN(c2cc(C)cc(C)c2)S(C)(=O)=O)CC1. The van der Waals surface area contributed by atoms with E-state index in [-0.39, 0.29) is 30.8 Å². The Hall–Kier alpha value is -2.09. The third-order valence-corrected chi connectivity index (χ3v) is 6.22. The molecule has 1 aliphatic heterocycles. The van der Waals surface area contributed by atoms with Crippen LogP contribution in [0.25, 0.3) is 0 Å². The summed E-state index contributed by atoms with van der Waals surface area (Å²) in [5, 5.41) is 0. The zero-order chi connectivity index (χ0) is 20.9. The van der Waals surface area contributed by atoms with Crippen LogP contribution in [0, 0.1) is 19.8 Å². The van der Waals surface area contributed by atoms with Gasteiger partial charge in [0.1, 0.15) is 0 Å². The Kier molecular flexibility index (Phi) is 7.46. The normalized spacial score (nSPS) is 15.4. The average molecular weight is 411 g/mol. The summed E-state index contributed by atoms with van der Waals surface area (Å²) in [6, 6.07) is 5.67. The summed E-state index contributed by atoms with van der Waals surface area (Å²) in [5.41, 5.74) is 2.62. The number of carbonyl (C=O) groups excluding carboxylic acids is 2. The van der Waals surface area contributed by atoms with Crippen LogP contribution < -0.4 is 4.31 Å². The molecular formula is C20H30N2O5S. The summed E-state index contributed by atoms with van der Waals surface area (Å²) in [6.45, 7) is 5.18. The van der Waals surface area contributed by atoms with Crippen molar-refractivity contribution in [3.05, 3.63) is 29.3 Å². The van der Waals surface area contributed by atoms with Crippen LogP contribution in [0.1, 0.15) is 36.8 Å². The fourth-order valence-electron chi connectivity index (χ4n) is 3.64. The van der Waals surface area contributed by atoms with Gasteiger partial charge in [0.25, 0.3) is 0 Å².